The molecule has 0 N–H and O–H groups in total. The fourth-order valence-corrected chi connectivity index (χ4v) is 8.14. The molecule has 0 saturated carbocycles. The number of amides is 1. The monoisotopic (exact) mass is 666 g/mol. The topological polar surface area (TPSA) is 102 Å². The molecule has 0 aliphatic carbocycles. The predicted molar refractivity (Wildman–Crippen MR) is 166 cm³/mol. The van der Waals surface area contributed by atoms with Crippen molar-refractivity contribution in [2.45, 2.75) is 29.0 Å². The zero-order chi connectivity index (χ0) is 30.4. The standard InChI is InChI=1S/C29H25Cl3N2O6S2/c1-18(15-30)26(29(36)40-17-19-8-12-22(39-2)13-9-19)34-27(35)25(33-16-20-10-11-21(31)14-24(20)32)28(34)41-42(37,38)23-6-4-3-5-7-23/h3-14,16,25-26,28H,1,15,17H2,2H3. The van der Waals surface area contributed by atoms with Gasteiger partial charge in [0.05, 0.1) is 17.0 Å². The number of β-lactam (4-membered cyclic amide) rings is 1. The highest BCUT2D eigenvalue weighted by Crippen LogP contribution is 2.41. The van der Waals surface area contributed by atoms with E-state index in [1.165, 1.54) is 31.5 Å². The van der Waals surface area contributed by atoms with Gasteiger partial charge in [0.2, 0.25) is 8.87 Å². The first-order valence-corrected chi connectivity index (χ1v) is 16.5. The van der Waals surface area contributed by atoms with E-state index < -0.39 is 38.2 Å². The third-order valence-electron chi connectivity index (χ3n) is 6.25. The summed E-state index contributed by atoms with van der Waals surface area (Å²) in [6.07, 6.45) is 1.37. The first kappa shape index (κ1) is 31.9. The van der Waals surface area contributed by atoms with E-state index in [0.29, 0.717) is 37.7 Å². The molecule has 3 aromatic rings. The summed E-state index contributed by atoms with van der Waals surface area (Å²) in [6.45, 7) is 3.76. The molecule has 1 heterocycles. The molecule has 4 rings (SSSR count). The van der Waals surface area contributed by atoms with Crippen molar-refractivity contribution in [1.29, 1.82) is 0 Å². The molecule has 1 saturated heterocycles. The Balaban J connectivity index is 1.64. The number of halogens is 3. The lowest BCUT2D eigenvalue weighted by Crippen LogP contribution is -2.68. The van der Waals surface area contributed by atoms with Crippen LogP contribution < -0.4 is 4.74 Å². The number of ether oxygens (including phenoxy) is 2. The third kappa shape index (κ3) is 7.30. The Labute approximate surface area is 262 Å². The van der Waals surface area contributed by atoms with Gasteiger partial charge >= 0.3 is 5.97 Å². The lowest BCUT2D eigenvalue weighted by molar-refractivity contribution is -0.161. The van der Waals surface area contributed by atoms with Gasteiger partial charge in [0.15, 0.2) is 12.1 Å². The van der Waals surface area contributed by atoms with Crippen molar-refractivity contribution in [2.75, 3.05) is 13.0 Å². The normalized spacial score (nSPS) is 17.5. The number of likely N-dealkylation sites (tertiary alicyclic amines) is 1. The SMILES string of the molecule is C=C(CCl)C(C(=O)OCc1ccc(OC)cc1)N1C(=O)C(N=Cc2ccc(Cl)cc2Cl)C1SS(=O)(=O)c1ccccc1. The molecule has 0 radical (unpaired) electrons. The molecule has 42 heavy (non-hydrogen) atoms. The molecule has 0 aromatic heterocycles. The van der Waals surface area contributed by atoms with Crippen molar-refractivity contribution < 1.29 is 27.5 Å². The van der Waals surface area contributed by atoms with E-state index in [1.807, 2.05) is 0 Å². The van der Waals surface area contributed by atoms with Crippen LogP contribution in [0.4, 0.5) is 0 Å². The largest absolute Gasteiger partial charge is 0.497 e. The van der Waals surface area contributed by atoms with Crippen LogP contribution in [0.15, 0.2) is 94.8 Å². The van der Waals surface area contributed by atoms with Gasteiger partial charge < -0.3 is 14.4 Å². The first-order chi connectivity index (χ1) is 20.1. The van der Waals surface area contributed by atoms with E-state index in [1.54, 1.807) is 54.6 Å². The molecule has 0 bridgehead atoms. The van der Waals surface area contributed by atoms with Crippen LogP contribution in [0.2, 0.25) is 10.0 Å². The number of hydrogen-bond acceptors (Lipinski definition) is 8. The maximum atomic E-state index is 13.5. The highest BCUT2D eigenvalue weighted by molar-refractivity contribution is 8.72. The summed E-state index contributed by atoms with van der Waals surface area (Å²) in [5, 5.41) is -0.393. The highest BCUT2D eigenvalue weighted by Gasteiger charge is 2.55. The second kappa shape index (κ2) is 14.0. The molecule has 220 valence electrons. The van der Waals surface area contributed by atoms with E-state index >= 15 is 0 Å². The van der Waals surface area contributed by atoms with Crippen LogP contribution in [-0.4, -0.2) is 61.9 Å². The van der Waals surface area contributed by atoms with Crippen LogP contribution in [0, 0.1) is 0 Å². The minimum absolute atomic E-state index is 0.0348. The number of aliphatic imine (C=N–C) groups is 1. The molecule has 0 spiro atoms. The predicted octanol–water partition coefficient (Wildman–Crippen LogP) is 5.99. The number of esters is 1. The van der Waals surface area contributed by atoms with E-state index in [2.05, 4.69) is 11.6 Å². The van der Waals surface area contributed by atoms with Gasteiger partial charge in [-0.05, 0) is 47.5 Å². The van der Waals surface area contributed by atoms with E-state index in [-0.39, 0.29) is 23.0 Å². The van der Waals surface area contributed by atoms with Crippen molar-refractivity contribution >= 4 is 72.6 Å². The molecule has 8 nitrogen and oxygen atoms in total. The minimum atomic E-state index is -3.98. The van der Waals surface area contributed by atoms with Gasteiger partial charge in [-0.2, -0.15) is 0 Å². The first-order valence-electron chi connectivity index (χ1n) is 12.4. The van der Waals surface area contributed by atoms with Gasteiger partial charge in [0, 0.05) is 33.5 Å². The van der Waals surface area contributed by atoms with Crippen molar-refractivity contribution in [3.8, 4) is 5.75 Å². The average molecular weight is 668 g/mol. The highest BCUT2D eigenvalue weighted by atomic mass is 35.5. The Hall–Kier alpha value is -3.02. The number of benzene rings is 3. The molecule has 1 fully saturated rings. The quantitative estimate of drug-likeness (QED) is 0.0584. The Morgan fingerprint density at radius 3 is 2.43 bits per heavy atom. The number of alkyl halides is 1. The second-order valence-corrected chi connectivity index (χ2v) is 14.1. The average Bonchev–Trinajstić information content (AvgIpc) is 2.99. The Kier molecular flexibility index (Phi) is 10.6. The fourth-order valence-electron chi connectivity index (χ4n) is 4.03. The Morgan fingerprint density at radius 2 is 1.81 bits per heavy atom. The van der Waals surface area contributed by atoms with Crippen LogP contribution in [0.3, 0.4) is 0 Å². The summed E-state index contributed by atoms with van der Waals surface area (Å²) >= 11 is 18.3. The maximum Gasteiger partial charge on any atom is 0.333 e. The van der Waals surface area contributed by atoms with Gasteiger partial charge in [-0.25, -0.2) is 13.2 Å². The van der Waals surface area contributed by atoms with Crippen LogP contribution in [0.5, 0.6) is 5.75 Å². The molecular weight excluding hydrogens is 643 g/mol. The van der Waals surface area contributed by atoms with E-state index in [4.69, 9.17) is 44.3 Å². The molecule has 3 aromatic carbocycles. The van der Waals surface area contributed by atoms with Gasteiger partial charge in [-0.15, -0.1) is 11.6 Å². The summed E-state index contributed by atoms with van der Waals surface area (Å²) in [5.74, 6) is -0.954. The zero-order valence-corrected chi connectivity index (χ0v) is 26.1. The van der Waals surface area contributed by atoms with E-state index in [9.17, 15) is 18.0 Å². The Bertz CT molecular complexity index is 1600. The van der Waals surface area contributed by atoms with Crippen LogP contribution in [0.1, 0.15) is 11.1 Å². The van der Waals surface area contributed by atoms with Crippen molar-refractivity contribution in [2.24, 2.45) is 4.99 Å². The summed E-state index contributed by atoms with van der Waals surface area (Å²) in [6, 6.07) is 16.9. The van der Waals surface area contributed by atoms with Gasteiger partial charge in [-0.3, -0.25) is 9.79 Å². The van der Waals surface area contributed by atoms with E-state index in [0.717, 1.165) is 4.90 Å². The summed E-state index contributed by atoms with van der Waals surface area (Å²) in [7, 11) is -1.94. The van der Waals surface area contributed by atoms with Crippen molar-refractivity contribution in [1.82, 2.24) is 4.90 Å². The van der Waals surface area contributed by atoms with Crippen LogP contribution in [-0.2, 0) is 29.8 Å². The molecule has 13 heteroatoms. The van der Waals surface area contributed by atoms with Gasteiger partial charge in [0.25, 0.3) is 5.91 Å². The lowest BCUT2D eigenvalue weighted by atomic mass is 9.99. The third-order valence-corrected chi connectivity index (χ3v) is 10.9. The molecule has 3 atom stereocenters. The number of nitrogens with zero attached hydrogens (tertiary/aromatic N) is 2. The summed E-state index contributed by atoms with van der Waals surface area (Å²) in [4.78, 5) is 32.4. The van der Waals surface area contributed by atoms with Crippen LogP contribution >= 0.6 is 45.6 Å². The smallest absolute Gasteiger partial charge is 0.333 e. The number of hydrogen-bond donors (Lipinski definition) is 0. The van der Waals surface area contributed by atoms with Gasteiger partial charge in [0.1, 0.15) is 17.7 Å². The summed E-state index contributed by atoms with van der Waals surface area (Å²) in [5.41, 5.74) is 1.31. The molecule has 1 amide bonds. The lowest BCUT2D eigenvalue weighted by Gasteiger charge is -2.47. The molecule has 1 aliphatic heterocycles. The second-order valence-electron chi connectivity index (χ2n) is 9.04. The minimum Gasteiger partial charge on any atom is -0.497 e. The summed E-state index contributed by atoms with van der Waals surface area (Å²) < 4.78 is 37.4. The van der Waals surface area contributed by atoms with Crippen molar-refractivity contribution in [3.63, 3.8) is 0 Å². The molecular formula is C29H25Cl3N2O6S2. The number of methoxy groups -OCH3 is 1. The van der Waals surface area contributed by atoms with Gasteiger partial charge in [-0.1, -0.05) is 66.2 Å². The number of carbonyl (C=O) groups excluding carboxylic acids is 2. The molecule has 1 aliphatic rings. The maximum absolute atomic E-state index is 13.5. The fraction of sp³-hybridized carbons (Fsp3) is 0.207. The number of carbonyl (C=O) groups is 2. The Morgan fingerprint density at radius 1 is 1.12 bits per heavy atom. The zero-order valence-electron chi connectivity index (χ0n) is 22.2. The van der Waals surface area contributed by atoms with Crippen molar-refractivity contribution in [3.05, 3.63) is 106 Å². The van der Waals surface area contributed by atoms with Crippen LogP contribution in [0.25, 0.3) is 0 Å². The molecule has 3 unspecified atom stereocenters. The number of rotatable bonds is 12.